The molecule has 1 heterocycles. The standard InChI is InChI=1S/C15H17F5N2.2ClH/c1-8(2)7-9(22-5-3-21-4-6-22)10-11(16)13(18)15(20)14(19)12(10)17;;/h9,21H,1,3-7H2,2H3;2*1H/t9-;;/m1../s1. The lowest BCUT2D eigenvalue weighted by atomic mass is 9.96. The van der Waals surface area contributed by atoms with E-state index in [1.165, 1.54) is 0 Å². The summed E-state index contributed by atoms with van der Waals surface area (Å²) >= 11 is 0. The summed E-state index contributed by atoms with van der Waals surface area (Å²) in [6, 6.07) is -0.927. The second-order valence-corrected chi connectivity index (χ2v) is 5.45. The van der Waals surface area contributed by atoms with Crippen LogP contribution in [0, 0.1) is 29.1 Å². The lowest BCUT2D eigenvalue weighted by Gasteiger charge is -2.35. The van der Waals surface area contributed by atoms with Gasteiger partial charge in [-0.3, -0.25) is 4.90 Å². The predicted octanol–water partition coefficient (Wildman–Crippen LogP) is 4.14. The van der Waals surface area contributed by atoms with E-state index in [1.807, 2.05) is 0 Å². The fourth-order valence-corrected chi connectivity index (χ4v) is 2.65. The van der Waals surface area contributed by atoms with Crippen LogP contribution in [0.4, 0.5) is 22.0 Å². The van der Waals surface area contributed by atoms with E-state index in [0.29, 0.717) is 31.8 Å². The van der Waals surface area contributed by atoms with Gasteiger partial charge in [0.05, 0.1) is 0 Å². The van der Waals surface area contributed by atoms with Gasteiger partial charge in [-0.05, 0) is 13.3 Å². The molecule has 1 saturated heterocycles. The summed E-state index contributed by atoms with van der Waals surface area (Å²) in [7, 11) is 0. The summed E-state index contributed by atoms with van der Waals surface area (Å²) in [4.78, 5) is 1.71. The van der Waals surface area contributed by atoms with Gasteiger partial charge in [-0.2, -0.15) is 0 Å². The zero-order chi connectivity index (χ0) is 16.4. The first-order chi connectivity index (χ1) is 10.3. The molecular weight excluding hydrogens is 374 g/mol. The number of benzene rings is 1. The van der Waals surface area contributed by atoms with E-state index >= 15 is 0 Å². The van der Waals surface area contributed by atoms with Crippen molar-refractivity contribution < 1.29 is 22.0 Å². The van der Waals surface area contributed by atoms with Gasteiger partial charge in [0.1, 0.15) is 0 Å². The molecule has 0 aromatic heterocycles. The number of hydrogen-bond donors (Lipinski definition) is 1. The molecule has 1 N–H and O–H groups in total. The average molecular weight is 393 g/mol. The van der Waals surface area contributed by atoms with Gasteiger partial charge in [-0.25, -0.2) is 22.0 Å². The zero-order valence-electron chi connectivity index (χ0n) is 13.0. The highest BCUT2D eigenvalue weighted by Crippen LogP contribution is 2.34. The Kier molecular flexibility index (Phi) is 9.20. The number of halogens is 7. The van der Waals surface area contributed by atoms with Crippen LogP contribution in [0.25, 0.3) is 0 Å². The molecule has 0 spiro atoms. The fourth-order valence-electron chi connectivity index (χ4n) is 2.65. The van der Waals surface area contributed by atoms with E-state index in [4.69, 9.17) is 0 Å². The highest BCUT2D eigenvalue weighted by Gasteiger charge is 2.33. The maximum absolute atomic E-state index is 14.1. The smallest absolute Gasteiger partial charge is 0.200 e. The summed E-state index contributed by atoms with van der Waals surface area (Å²) in [5, 5.41) is 3.08. The molecule has 0 amide bonds. The monoisotopic (exact) mass is 392 g/mol. The molecule has 24 heavy (non-hydrogen) atoms. The van der Waals surface area contributed by atoms with Crippen molar-refractivity contribution in [3.63, 3.8) is 0 Å². The van der Waals surface area contributed by atoms with Crippen molar-refractivity contribution in [2.45, 2.75) is 19.4 Å². The van der Waals surface area contributed by atoms with Gasteiger partial charge in [0, 0.05) is 37.8 Å². The molecule has 2 nitrogen and oxygen atoms in total. The maximum atomic E-state index is 14.1. The van der Waals surface area contributed by atoms with Crippen LogP contribution in [0.3, 0.4) is 0 Å². The van der Waals surface area contributed by atoms with Crippen LogP contribution in [-0.2, 0) is 0 Å². The van der Waals surface area contributed by atoms with Crippen molar-refractivity contribution in [3.05, 3.63) is 46.8 Å². The molecular formula is C15H19Cl2F5N2. The Morgan fingerprint density at radius 1 is 0.958 bits per heavy atom. The first-order valence-corrected chi connectivity index (χ1v) is 6.95. The number of rotatable bonds is 4. The lowest BCUT2D eigenvalue weighted by molar-refractivity contribution is 0.163. The number of nitrogens with zero attached hydrogens (tertiary/aromatic N) is 1. The summed E-state index contributed by atoms with van der Waals surface area (Å²) in [6.07, 6.45) is 0.123. The molecule has 2 rings (SSSR count). The average Bonchev–Trinajstić information content (AvgIpc) is 2.50. The van der Waals surface area contributed by atoms with Gasteiger partial charge >= 0.3 is 0 Å². The quantitative estimate of drug-likeness (QED) is 0.358. The summed E-state index contributed by atoms with van der Waals surface area (Å²) < 4.78 is 68.2. The summed E-state index contributed by atoms with van der Waals surface area (Å²) in [5.74, 6) is -9.47. The topological polar surface area (TPSA) is 15.3 Å². The van der Waals surface area contributed by atoms with Crippen LogP contribution in [0.1, 0.15) is 24.9 Å². The van der Waals surface area contributed by atoms with Crippen molar-refractivity contribution in [2.75, 3.05) is 26.2 Å². The molecule has 1 aliphatic heterocycles. The Morgan fingerprint density at radius 2 is 1.38 bits per heavy atom. The fraction of sp³-hybridized carbons (Fsp3) is 0.467. The van der Waals surface area contributed by atoms with E-state index in [1.54, 1.807) is 11.8 Å². The molecule has 1 aliphatic rings. The van der Waals surface area contributed by atoms with Crippen molar-refractivity contribution in [2.24, 2.45) is 0 Å². The molecule has 1 fully saturated rings. The molecule has 1 atom stereocenters. The van der Waals surface area contributed by atoms with Gasteiger partial charge in [0.2, 0.25) is 5.82 Å². The third kappa shape index (κ3) is 4.59. The van der Waals surface area contributed by atoms with E-state index in [2.05, 4.69) is 11.9 Å². The highest BCUT2D eigenvalue weighted by molar-refractivity contribution is 5.85. The van der Waals surface area contributed by atoms with Crippen molar-refractivity contribution in [1.82, 2.24) is 10.2 Å². The van der Waals surface area contributed by atoms with Gasteiger partial charge in [0.15, 0.2) is 23.3 Å². The second kappa shape index (κ2) is 9.56. The van der Waals surface area contributed by atoms with E-state index in [0.717, 1.165) is 0 Å². The minimum atomic E-state index is -2.13. The Balaban J connectivity index is 0.00000264. The van der Waals surface area contributed by atoms with Crippen molar-refractivity contribution in [1.29, 1.82) is 0 Å². The second-order valence-electron chi connectivity index (χ2n) is 5.45. The summed E-state index contributed by atoms with van der Waals surface area (Å²) in [5.41, 5.74) is -0.172. The van der Waals surface area contributed by atoms with Gasteiger partial charge in [-0.15, -0.1) is 31.4 Å². The SMILES string of the molecule is C=C(C)C[C@H](c1c(F)c(F)c(F)c(F)c1F)N1CCNCC1.Cl.Cl. The molecule has 1 aromatic carbocycles. The number of hydrogen-bond acceptors (Lipinski definition) is 2. The van der Waals surface area contributed by atoms with E-state index < -0.39 is 40.7 Å². The van der Waals surface area contributed by atoms with Crippen molar-refractivity contribution >= 4 is 24.8 Å². The van der Waals surface area contributed by atoms with Gasteiger partial charge in [0.25, 0.3) is 0 Å². The number of piperazine rings is 1. The Labute approximate surface area is 149 Å². The minimum Gasteiger partial charge on any atom is -0.314 e. The van der Waals surface area contributed by atoms with Crippen LogP contribution >= 0.6 is 24.8 Å². The zero-order valence-corrected chi connectivity index (χ0v) is 14.6. The van der Waals surface area contributed by atoms with E-state index in [-0.39, 0.29) is 31.2 Å². The van der Waals surface area contributed by atoms with Gasteiger partial charge < -0.3 is 5.32 Å². The minimum absolute atomic E-state index is 0. The largest absolute Gasteiger partial charge is 0.314 e. The predicted molar refractivity (Wildman–Crippen MR) is 87.3 cm³/mol. The Bertz CT molecular complexity index is 563. The lowest BCUT2D eigenvalue weighted by Crippen LogP contribution is -2.45. The molecule has 9 heteroatoms. The highest BCUT2D eigenvalue weighted by atomic mass is 35.5. The van der Waals surface area contributed by atoms with E-state index in [9.17, 15) is 22.0 Å². The first kappa shape index (κ1) is 23.1. The normalized spacial score (nSPS) is 16.1. The molecule has 1 aromatic rings. The molecule has 0 aliphatic carbocycles. The number of nitrogens with one attached hydrogen (secondary N) is 1. The molecule has 0 unspecified atom stereocenters. The van der Waals surface area contributed by atoms with Crippen LogP contribution in [-0.4, -0.2) is 31.1 Å². The molecule has 0 saturated carbocycles. The van der Waals surface area contributed by atoms with Crippen LogP contribution in [0.15, 0.2) is 12.2 Å². The third-order valence-corrected chi connectivity index (χ3v) is 3.71. The third-order valence-electron chi connectivity index (χ3n) is 3.71. The van der Waals surface area contributed by atoms with Gasteiger partial charge in [-0.1, -0.05) is 5.57 Å². The summed E-state index contributed by atoms with van der Waals surface area (Å²) in [6.45, 7) is 7.42. The van der Waals surface area contributed by atoms with Crippen LogP contribution in [0.2, 0.25) is 0 Å². The molecule has 0 radical (unpaired) electrons. The molecule has 0 bridgehead atoms. The van der Waals surface area contributed by atoms with Crippen LogP contribution < -0.4 is 5.32 Å². The van der Waals surface area contributed by atoms with Crippen LogP contribution in [0.5, 0.6) is 0 Å². The Hall–Kier alpha value is -0.890. The van der Waals surface area contributed by atoms with Crippen molar-refractivity contribution in [3.8, 4) is 0 Å². The Morgan fingerprint density at radius 3 is 1.79 bits per heavy atom. The molecule has 138 valence electrons. The first-order valence-electron chi connectivity index (χ1n) is 6.95. The maximum Gasteiger partial charge on any atom is 0.200 e.